The van der Waals surface area contributed by atoms with Crippen LogP contribution in [0.5, 0.6) is 0 Å². The molecule has 1 aromatic rings. The van der Waals surface area contributed by atoms with E-state index in [1.54, 1.807) is 0 Å². The summed E-state index contributed by atoms with van der Waals surface area (Å²) >= 11 is 0. The molecule has 0 spiro atoms. The van der Waals surface area contributed by atoms with Crippen molar-refractivity contribution in [2.24, 2.45) is 0 Å². The summed E-state index contributed by atoms with van der Waals surface area (Å²) in [7, 11) is 1.16. The molecule has 1 heterocycles. The number of alkyl halides is 3. The second-order valence-corrected chi connectivity index (χ2v) is 6.56. The van der Waals surface area contributed by atoms with Crippen LogP contribution in [0.2, 0.25) is 0 Å². The quantitative estimate of drug-likeness (QED) is 0.770. The van der Waals surface area contributed by atoms with Crippen molar-refractivity contribution in [2.45, 2.75) is 38.0 Å². The molecule has 0 radical (unpaired) electrons. The lowest BCUT2D eigenvalue weighted by Crippen LogP contribution is -2.55. The van der Waals surface area contributed by atoms with Crippen molar-refractivity contribution in [1.82, 2.24) is 5.32 Å². The van der Waals surface area contributed by atoms with Crippen LogP contribution in [-0.2, 0) is 19.1 Å². The van der Waals surface area contributed by atoms with Crippen molar-refractivity contribution in [2.75, 3.05) is 23.9 Å². The van der Waals surface area contributed by atoms with Gasteiger partial charge >= 0.3 is 12.1 Å². The Morgan fingerprint density at radius 1 is 1.30 bits per heavy atom. The lowest BCUT2D eigenvalue weighted by molar-refractivity contribution is -0.157. The Balaban J connectivity index is 2.38. The number of rotatable bonds is 4. The molecular weight excluding hydrogens is 367 g/mol. The Morgan fingerprint density at radius 3 is 2.52 bits per heavy atom. The molecule has 0 aromatic heterocycles. The van der Waals surface area contributed by atoms with Crippen LogP contribution in [0.15, 0.2) is 24.3 Å². The molecule has 10 heteroatoms. The highest BCUT2D eigenvalue weighted by Crippen LogP contribution is 2.37. The molecule has 1 aliphatic rings. The zero-order chi connectivity index (χ0) is 20.4. The van der Waals surface area contributed by atoms with Crippen LogP contribution < -0.4 is 15.5 Å². The number of halogens is 3. The van der Waals surface area contributed by atoms with Gasteiger partial charge in [-0.2, -0.15) is 13.2 Å². The minimum Gasteiger partial charge on any atom is -0.468 e. The Kier molecular flexibility index (Phi) is 5.79. The fourth-order valence-corrected chi connectivity index (χ4v) is 2.70. The van der Waals surface area contributed by atoms with Gasteiger partial charge in [0.05, 0.1) is 31.5 Å². The van der Waals surface area contributed by atoms with Crippen molar-refractivity contribution < 1.29 is 32.3 Å². The van der Waals surface area contributed by atoms with E-state index in [1.165, 1.54) is 38.1 Å². The Morgan fingerprint density at radius 2 is 1.93 bits per heavy atom. The smallest absolute Gasteiger partial charge is 0.409 e. The summed E-state index contributed by atoms with van der Waals surface area (Å²) in [5, 5.41) is 4.98. The summed E-state index contributed by atoms with van der Waals surface area (Å²) in [6.45, 7) is 2.32. The SMILES string of the molecule is COC(=O)C(C)(C)NCC(=O)N1c2ccccc2NC(=O)C[C@H]1C(F)(F)F. The van der Waals surface area contributed by atoms with E-state index in [0.717, 1.165) is 7.11 Å². The number of para-hydroxylation sites is 2. The van der Waals surface area contributed by atoms with Crippen LogP contribution >= 0.6 is 0 Å². The predicted molar refractivity (Wildman–Crippen MR) is 91.1 cm³/mol. The molecule has 27 heavy (non-hydrogen) atoms. The fourth-order valence-electron chi connectivity index (χ4n) is 2.70. The number of hydrogen-bond donors (Lipinski definition) is 2. The molecule has 1 atom stereocenters. The van der Waals surface area contributed by atoms with Crippen LogP contribution in [0.1, 0.15) is 20.3 Å². The number of hydrogen-bond acceptors (Lipinski definition) is 5. The first kappa shape index (κ1) is 20.7. The van der Waals surface area contributed by atoms with Crippen LogP contribution in [0.4, 0.5) is 24.5 Å². The molecule has 2 rings (SSSR count). The molecule has 1 aromatic carbocycles. The van der Waals surface area contributed by atoms with E-state index in [4.69, 9.17) is 0 Å². The summed E-state index contributed by atoms with van der Waals surface area (Å²) in [4.78, 5) is 36.8. The Hall–Kier alpha value is -2.62. The Labute approximate surface area is 153 Å². The fraction of sp³-hybridized carbons (Fsp3) is 0.471. The van der Waals surface area contributed by atoms with E-state index < -0.39 is 48.5 Å². The molecule has 148 valence electrons. The van der Waals surface area contributed by atoms with E-state index in [1.807, 2.05) is 0 Å². The van der Waals surface area contributed by atoms with Gasteiger partial charge in [0, 0.05) is 0 Å². The first-order valence-electron chi connectivity index (χ1n) is 8.08. The molecule has 0 bridgehead atoms. The molecule has 0 unspecified atom stereocenters. The minimum atomic E-state index is -4.82. The van der Waals surface area contributed by atoms with Crippen LogP contribution in [0.3, 0.4) is 0 Å². The second-order valence-electron chi connectivity index (χ2n) is 6.56. The van der Waals surface area contributed by atoms with Crippen molar-refractivity contribution in [3.8, 4) is 0 Å². The third-order valence-electron chi connectivity index (χ3n) is 4.15. The molecule has 1 aliphatic heterocycles. The van der Waals surface area contributed by atoms with Gasteiger partial charge in [-0.25, -0.2) is 0 Å². The van der Waals surface area contributed by atoms with Crippen molar-refractivity contribution >= 4 is 29.2 Å². The number of ether oxygens (including phenoxy) is 1. The standard InChI is InChI=1S/C17H20F3N3O4/c1-16(2,15(26)27-3)21-9-14(25)23-11-7-5-4-6-10(11)22-13(24)8-12(23)17(18,19)20/h4-7,12,21H,8-9H2,1-3H3,(H,22,24)/t12-/m0/s1. The largest absolute Gasteiger partial charge is 0.468 e. The highest BCUT2D eigenvalue weighted by molar-refractivity contribution is 6.05. The molecular formula is C17H20F3N3O4. The van der Waals surface area contributed by atoms with Crippen LogP contribution in [0.25, 0.3) is 0 Å². The highest BCUT2D eigenvalue weighted by Gasteiger charge is 2.49. The van der Waals surface area contributed by atoms with Gasteiger partial charge in [-0.3, -0.25) is 24.6 Å². The number of esters is 1. The summed E-state index contributed by atoms with van der Waals surface area (Å²) in [6.07, 6.45) is -5.74. The number of carbonyl (C=O) groups is 3. The summed E-state index contributed by atoms with van der Waals surface area (Å²) in [5.74, 6) is -2.45. The molecule has 2 amide bonds. The summed E-state index contributed by atoms with van der Waals surface area (Å²) in [5.41, 5.74) is -1.24. The van der Waals surface area contributed by atoms with Gasteiger partial charge in [0.15, 0.2) is 0 Å². The maximum atomic E-state index is 13.6. The molecule has 2 N–H and O–H groups in total. The lowest BCUT2D eigenvalue weighted by Gasteiger charge is -2.33. The predicted octanol–water partition coefficient (Wildman–Crippen LogP) is 1.83. The number of anilines is 2. The van der Waals surface area contributed by atoms with Crippen molar-refractivity contribution in [1.29, 1.82) is 0 Å². The zero-order valence-electron chi connectivity index (χ0n) is 15.0. The number of fused-ring (bicyclic) bond motifs is 1. The van der Waals surface area contributed by atoms with Gasteiger partial charge < -0.3 is 10.1 Å². The molecule has 0 saturated heterocycles. The first-order chi connectivity index (χ1) is 12.5. The third kappa shape index (κ3) is 4.57. The van der Waals surface area contributed by atoms with Gasteiger partial charge in [-0.15, -0.1) is 0 Å². The summed E-state index contributed by atoms with van der Waals surface area (Å²) in [6, 6.07) is 3.42. The van der Waals surface area contributed by atoms with E-state index in [0.29, 0.717) is 4.90 Å². The van der Waals surface area contributed by atoms with Crippen molar-refractivity contribution in [3.63, 3.8) is 0 Å². The van der Waals surface area contributed by atoms with Gasteiger partial charge in [-0.1, -0.05) is 12.1 Å². The van der Waals surface area contributed by atoms with Gasteiger partial charge in [-0.05, 0) is 26.0 Å². The highest BCUT2D eigenvalue weighted by atomic mass is 19.4. The normalized spacial score (nSPS) is 17.6. The Bertz CT molecular complexity index is 749. The van der Waals surface area contributed by atoms with Crippen LogP contribution in [0, 0.1) is 0 Å². The molecule has 7 nitrogen and oxygen atoms in total. The van der Waals surface area contributed by atoms with Gasteiger partial charge in [0.1, 0.15) is 11.6 Å². The van der Waals surface area contributed by atoms with Crippen molar-refractivity contribution in [3.05, 3.63) is 24.3 Å². The second kappa shape index (κ2) is 7.55. The average Bonchev–Trinajstić information content (AvgIpc) is 2.74. The average molecular weight is 387 g/mol. The maximum Gasteiger partial charge on any atom is 0.409 e. The number of amides is 2. The monoisotopic (exact) mass is 387 g/mol. The maximum absolute atomic E-state index is 13.6. The van der Waals surface area contributed by atoms with E-state index >= 15 is 0 Å². The number of carbonyl (C=O) groups excluding carboxylic acids is 3. The van der Waals surface area contributed by atoms with E-state index in [2.05, 4.69) is 15.4 Å². The van der Waals surface area contributed by atoms with Gasteiger partial charge in [0.25, 0.3) is 0 Å². The minimum absolute atomic E-state index is 0.0617. The lowest BCUT2D eigenvalue weighted by atomic mass is 10.1. The third-order valence-corrected chi connectivity index (χ3v) is 4.15. The van der Waals surface area contributed by atoms with Gasteiger partial charge in [0.2, 0.25) is 11.8 Å². The number of benzene rings is 1. The van der Waals surface area contributed by atoms with E-state index in [-0.39, 0.29) is 11.4 Å². The summed E-state index contributed by atoms with van der Waals surface area (Å²) < 4.78 is 45.4. The molecule has 0 fully saturated rings. The molecule has 0 saturated carbocycles. The zero-order valence-corrected chi connectivity index (χ0v) is 15.0. The topological polar surface area (TPSA) is 87.7 Å². The first-order valence-corrected chi connectivity index (χ1v) is 8.08. The number of nitrogens with zero attached hydrogens (tertiary/aromatic N) is 1. The number of methoxy groups -OCH3 is 1. The molecule has 0 aliphatic carbocycles. The number of nitrogens with one attached hydrogen (secondary N) is 2. The van der Waals surface area contributed by atoms with Crippen LogP contribution in [-0.4, -0.2) is 49.2 Å². The van der Waals surface area contributed by atoms with E-state index in [9.17, 15) is 27.6 Å².